The normalized spacial score (nSPS) is 13.7. The highest BCUT2D eigenvalue weighted by atomic mass is 35.5. The lowest BCUT2D eigenvalue weighted by molar-refractivity contribution is 0.0696. The minimum atomic E-state index is -1.09. The summed E-state index contributed by atoms with van der Waals surface area (Å²) in [7, 11) is 0. The monoisotopic (exact) mass is 311 g/mol. The van der Waals surface area contributed by atoms with E-state index in [2.05, 4.69) is 6.58 Å². The number of hydrogen-bond acceptors (Lipinski definition) is 4. The summed E-state index contributed by atoms with van der Waals surface area (Å²) in [4.78, 5) is 24.4. The first-order valence-corrected chi connectivity index (χ1v) is 6.62. The highest BCUT2D eigenvalue weighted by molar-refractivity contribution is 6.32. The molecule has 0 aliphatic carbocycles. The standard InChI is InChI=1S/C14H14ClNO5/c1-2-4-21-14(19)16-3-5-20-12-10(8-16)6-9(13(17)18)7-11(12)15/h2,6-7H,1,3-5,8H2,(H,17,18). The Hall–Kier alpha value is -2.21. The third-order valence-corrected chi connectivity index (χ3v) is 3.20. The fraction of sp³-hybridized carbons (Fsp3) is 0.286. The fourth-order valence-electron chi connectivity index (χ4n) is 1.97. The van der Waals surface area contributed by atoms with Gasteiger partial charge in [0, 0.05) is 5.56 Å². The third-order valence-electron chi connectivity index (χ3n) is 2.92. The number of rotatable bonds is 3. The highest BCUT2D eigenvalue weighted by Crippen LogP contribution is 2.33. The maximum Gasteiger partial charge on any atom is 0.410 e. The Morgan fingerprint density at radius 2 is 2.29 bits per heavy atom. The number of nitrogens with zero attached hydrogens (tertiary/aromatic N) is 1. The molecule has 1 heterocycles. The molecule has 1 aliphatic rings. The molecule has 0 fully saturated rings. The van der Waals surface area contributed by atoms with E-state index in [-0.39, 0.29) is 30.3 Å². The van der Waals surface area contributed by atoms with Crippen LogP contribution in [0.5, 0.6) is 5.75 Å². The second-order valence-electron chi connectivity index (χ2n) is 4.39. The van der Waals surface area contributed by atoms with Crippen LogP contribution in [-0.4, -0.2) is 41.8 Å². The van der Waals surface area contributed by atoms with Crippen molar-refractivity contribution < 1.29 is 24.2 Å². The molecule has 2 rings (SSSR count). The Bertz CT molecular complexity index is 587. The van der Waals surface area contributed by atoms with Gasteiger partial charge in [0.25, 0.3) is 0 Å². The number of aromatic carboxylic acids is 1. The number of amides is 1. The summed E-state index contributed by atoms with van der Waals surface area (Å²) in [6.45, 7) is 4.33. The van der Waals surface area contributed by atoms with E-state index < -0.39 is 12.1 Å². The Balaban J connectivity index is 2.27. The van der Waals surface area contributed by atoms with Crippen LogP contribution in [0.4, 0.5) is 4.79 Å². The average molecular weight is 312 g/mol. The molecule has 1 N–H and O–H groups in total. The molecule has 21 heavy (non-hydrogen) atoms. The predicted molar refractivity (Wildman–Crippen MR) is 75.9 cm³/mol. The molecule has 0 saturated heterocycles. The van der Waals surface area contributed by atoms with Gasteiger partial charge in [-0.1, -0.05) is 24.3 Å². The lowest BCUT2D eigenvalue weighted by atomic mass is 10.1. The van der Waals surface area contributed by atoms with E-state index in [0.717, 1.165) is 0 Å². The summed E-state index contributed by atoms with van der Waals surface area (Å²) in [5, 5.41) is 9.27. The molecule has 0 atom stereocenters. The molecule has 0 unspecified atom stereocenters. The SMILES string of the molecule is C=CCOC(=O)N1CCOc2c(Cl)cc(C(=O)O)cc2C1. The summed E-state index contributed by atoms with van der Waals surface area (Å²) in [5.74, 6) is -0.689. The number of hydrogen-bond donors (Lipinski definition) is 1. The number of carboxylic acid groups (broad SMARTS) is 1. The number of carbonyl (C=O) groups is 2. The Morgan fingerprint density at radius 3 is 2.95 bits per heavy atom. The van der Waals surface area contributed by atoms with Gasteiger partial charge in [0.2, 0.25) is 0 Å². The number of fused-ring (bicyclic) bond motifs is 1. The largest absolute Gasteiger partial charge is 0.490 e. The first-order valence-electron chi connectivity index (χ1n) is 6.24. The zero-order valence-electron chi connectivity index (χ0n) is 11.2. The van der Waals surface area contributed by atoms with E-state index in [1.807, 2.05) is 0 Å². The van der Waals surface area contributed by atoms with E-state index in [1.165, 1.54) is 23.1 Å². The topological polar surface area (TPSA) is 76.1 Å². The summed E-state index contributed by atoms with van der Waals surface area (Å²) in [5.41, 5.74) is 0.580. The molecule has 0 spiro atoms. The van der Waals surface area contributed by atoms with Crippen molar-refractivity contribution in [2.24, 2.45) is 0 Å². The van der Waals surface area contributed by atoms with Crippen LogP contribution in [0.2, 0.25) is 5.02 Å². The van der Waals surface area contributed by atoms with Crippen LogP contribution in [0, 0.1) is 0 Å². The minimum Gasteiger partial charge on any atom is -0.490 e. The first kappa shape index (κ1) is 15.2. The summed E-state index contributed by atoms with van der Waals surface area (Å²) in [6, 6.07) is 2.77. The van der Waals surface area contributed by atoms with Gasteiger partial charge < -0.3 is 19.5 Å². The molecule has 1 aromatic rings. The van der Waals surface area contributed by atoms with Crippen molar-refractivity contribution >= 4 is 23.7 Å². The van der Waals surface area contributed by atoms with Crippen LogP contribution < -0.4 is 4.74 Å². The van der Waals surface area contributed by atoms with E-state index in [0.29, 0.717) is 17.9 Å². The number of ether oxygens (including phenoxy) is 2. The van der Waals surface area contributed by atoms with Crippen LogP contribution in [0.3, 0.4) is 0 Å². The zero-order chi connectivity index (χ0) is 15.4. The fourth-order valence-corrected chi connectivity index (χ4v) is 2.27. The molecule has 0 bridgehead atoms. The first-order chi connectivity index (χ1) is 10.0. The molecule has 7 heteroatoms. The maximum atomic E-state index is 11.9. The van der Waals surface area contributed by atoms with Gasteiger partial charge >= 0.3 is 12.1 Å². The predicted octanol–water partition coefficient (Wildman–Crippen LogP) is 2.56. The number of benzene rings is 1. The van der Waals surface area contributed by atoms with Crippen molar-refractivity contribution in [3.05, 3.63) is 40.9 Å². The third kappa shape index (κ3) is 3.46. The quantitative estimate of drug-likeness (QED) is 0.868. The van der Waals surface area contributed by atoms with Crippen LogP contribution in [-0.2, 0) is 11.3 Å². The number of halogens is 1. The van der Waals surface area contributed by atoms with Crippen LogP contribution in [0.15, 0.2) is 24.8 Å². The molecule has 0 aromatic heterocycles. The van der Waals surface area contributed by atoms with Gasteiger partial charge in [-0.3, -0.25) is 0 Å². The minimum absolute atomic E-state index is 0.0451. The van der Waals surface area contributed by atoms with Gasteiger partial charge in [-0.15, -0.1) is 0 Å². The molecule has 1 aromatic carbocycles. The maximum absolute atomic E-state index is 11.9. The van der Waals surface area contributed by atoms with Gasteiger partial charge in [-0.05, 0) is 12.1 Å². The van der Waals surface area contributed by atoms with E-state index in [4.69, 9.17) is 26.2 Å². The highest BCUT2D eigenvalue weighted by Gasteiger charge is 2.23. The summed E-state index contributed by atoms with van der Waals surface area (Å²) < 4.78 is 10.5. The van der Waals surface area contributed by atoms with E-state index in [9.17, 15) is 9.59 Å². The van der Waals surface area contributed by atoms with Crippen molar-refractivity contribution in [2.75, 3.05) is 19.8 Å². The molecule has 112 valence electrons. The molecule has 1 aliphatic heterocycles. The van der Waals surface area contributed by atoms with Gasteiger partial charge in [0.1, 0.15) is 19.0 Å². The number of carboxylic acids is 1. The van der Waals surface area contributed by atoms with Gasteiger partial charge in [0.15, 0.2) is 0 Å². The second-order valence-corrected chi connectivity index (χ2v) is 4.79. The lowest BCUT2D eigenvalue weighted by Gasteiger charge is -2.18. The van der Waals surface area contributed by atoms with Crippen molar-refractivity contribution in [1.82, 2.24) is 4.90 Å². The summed E-state index contributed by atoms with van der Waals surface area (Å²) in [6.07, 6.45) is 0.961. The van der Waals surface area contributed by atoms with Crippen LogP contribution in [0.1, 0.15) is 15.9 Å². The van der Waals surface area contributed by atoms with Crippen LogP contribution >= 0.6 is 11.6 Å². The molecule has 0 radical (unpaired) electrons. The smallest absolute Gasteiger partial charge is 0.410 e. The molecule has 0 saturated carbocycles. The lowest BCUT2D eigenvalue weighted by Crippen LogP contribution is -2.33. The van der Waals surface area contributed by atoms with Crippen molar-refractivity contribution in [3.63, 3.8) is 0 Å². The summed E-state index contributed by atoms with van der Waals surface area (Å²) >= 11 is 6.04. The Labute approximate surface area is 126 Å². The van der Waals surface area contributed by atoms with E-state index in [1.54, 1.807) is 0 Å². The molecule has 6 nitrogen and oxygen atoms in total. The number of carbonyl (C=O) groups excluding carboxylic acids is 1. The van der Waals surface area contributed by atoms with Gasteiger partial charge in [-0.25, -0.2) is 9.59 Å². The zero-order valence-corrected chi connectivity index (χ0v) is 11.9. The van der Waals surface area contributed by atoms with Crippen molar-refractivity contribution in [2.45, 2.75) is 6.54 Å². The second kappa shape index (κ2) is 6.49. The molecular formula is C14H14ClNO5. The van der Waals surface area contributed by atoms with Crippen molar-refractivity contribution in [3.8, 4) is 5.75 Å². The Morgan fingerprint density at radius 1 is 1.52 bits per heavy atom. The average Bonchev–Trinajstić information content (AvgIpc) is 2.67. The molecule has 1 amide bonds. The Kier molecular flexibility index (Phi) is 4.70. The van der Waals surface area contributed by atoms with Gasteiger partial charge in [-0.2, -0.15) is 0 Å². The van der Waals surface area contributed by atoms with E-state index >= 15 is 0 Å². The van der Waals surface area contributed by atoms with Crippen molar-refractivity contribution in [1.29, 1.82) is 0 Å². The van der Waals surface area contributed by atoms with Crippen LogP contribution in [0.25, 0.3) is 0 Å². The molecular weight excluding hydrogens is 298 g/mol. The van der Waals surface area contributed by atoms with Gasteiger partial charge in [0.05, 0.1) is 23.7 Å².